The van der Waals surface area contributed by atoms with Crippen molar-refractivity contribution in [3.8, 4) is 0 Å². The smallest absolute Gasteiger partial charge is 0.405 e. The number of hydrogen-bond donors (Lipinski definition) is 2. The van der Waals surface area contributed by atoms with E-state index in [1.54, 1.807) is 20.8 Å². The zero-order valence-corrected chi connectivity index (χ0v) is 8.25. The molecule has 0 aliphatic heterocycles. The van der Waals surface area contributed by atoms with Gasteiger partial charge in [-0.25, -0.2) is 9.59 Å². The number of carbonyl (C=O) groups excluding carboxylic acids is 1. The second kappa shape index (κ2) is 4.11. The minimum Gasteiger partial charge on any atom is -0.465 e. The molecule has 76 valence electrons. The Hall–Kier alpha value is -1.26. The highest BCUT2D eigenvalue weighted by Crippen LogP contribution is 2.07. The van der Waals surface area contributed by atoms with E-state index in [2.05, 4.69) is 0 Å². The second-order valence-corrected chi connectivity index (χ2v) is 3.70. The number of hydrogen-bond acceptors (Lipinski definition) is 3. The molecule has 0 aromatic heterocycles. The van der Waals surface area contributed by atoms with Gasteiger partial charge in [-0.2, -0.15) is 0 Å². The van der Waals surface area contributed by atoms with Crippen molar-refractivity contribution in [1.82, 2.24) is 5.32 Å². The lowest BCUT2D eigenvalue weighted by atomic mass is 10.2. The normalized spacial score (nSPS) is 13.2. The fourth-order valence-corrected chi connectivity index (χ4v) is 0.634. The number of rotatable bonds is 2. The van der Waals surface area contributed by atoms with E-state index in [9.17, 15) is 9.59 Å². The standard InChI is InChI=1S/C8H15NO4/c1-5(9-7(11)12)6(10)13-8(2,3)4/h5,9H,1-4H3,(H,11,12). The highest BCUT2D eigenvalue weighted by molar-refractivity contribution is 5.80. The van der Waals surface area contributed by atoms with Crippen molar-refractivity contribution in [3.05, 3.63) is 0 Å². The molecule has 13 heavy (non-hydrogen) atoms. The Bertz CT molecular complexity index is 207. The minimum absolute atomic E-state index is 0.574. The van der Waals surface area contributed by atoms with Crippen molar-refractivity contribution in [2.45, 2.75) is 39.3 Å². The molecule has 1 atom stereocenters. The molecule has 5 heteroatoms. The molecule has 0 aliphatic rings. The van der Waals surface area contributed by atoms with Crippen LogP contribution in [-0.4, -0.2) is 28.8 Å². The summed E-state index contributed by atoms with van der Waals surface area (Å²) >= 11 is 0. The fourth-order valence-electron chi connectivity index (χ4n) is 0.634. The summed E-state index contributed by atoms with van der Waals surface area (Å²) in [7, 11) is 0. The van der Waals surface area contributed by atoms with Crippen molar-refractivity contribution in [1.29, 1.82) is 0 Å². The van der Waals surface area contributed by atoms with Gasteiger partial charge < -0.3 is 15.2 Å². The molecule has 5 nitrogen and oxygen atoms in total. The SMILES string of the molecule is CC(NC(=O)O)C(=O)OC(C)(C)C. The number of carbonyl (C=O) groups is 2. The zero-order chi connectivity index (χ0) is 10.6. The van der Waals surface area contributed by atoms with Crippen LogP contribution in [0.1, 0.15) is 27.7 Å². The third-order valence-corrected chi connectivity index (χ3v) is 1.10. The lowest BCUT2D eigenvalue weighted by Gasteiger charge is -2.21. The first-order chi connectivity index (χ1) is 5.72. The van der Waals surface area contributed by atoms with Crippen LogP contribution in [0.2, 0.25) is 0 Å². The van der Waals surface area contributed by atoms with E-state index in [1.165, 1.54) is 6.92 Å². The largest absolute Gasteiger partial charge is 0.465 e. The van der Waals surface area contributed by atoms with Crippen LogP contribution in [0, 0.1) is 0 Å². The van der Waals surface area contributed by atoms with Crippen molar-refractivity contribution < 1.29 is 19.4 Å². The second-order valence-electron chi connectivity index (χ2n) is 3.70. The summed E-state index contributed by atoms with van der Waals surface area (Å²) in [6.45, 7) is 6.59. The van der Waals surface area contributed by atoms with E-state index in [0.717, 1.165) is 0 Å². The van der Waals surface area contributed by atoms with Crippen LogP contribution in [0.4, 0.5) is 4.79 Å². The van der Waals surface area contributed by atoms with Crippen LogP contribution < -0.4 is 5.32 Å². The van der Waals surface area contributed by atoms with Gasteiger partial charge >= 0.3 is 12.1 Å². The Morgan fingerprint density at radius 3 is 2.15 bits per heavy atom. The van der Waals surface area contributed by atoms with Gasteiger partial charge in [0.2, 0.25) is 0 Å². The highest BCUT2D eigenvalue weighted by Gasteiger charge is 2.22. The molecule has 0 aromatic rings. The quantitative estimate of drug-likeness (QED) is 0.635. The van der Waals surface area contributed by atoms with Crippen LogP contribution in [0.25, 0.3) is 0 Å². The molecule has 0 spiro atoms. The summed E-state index contributed by atoms with van der Waals surface area (Å²) in [4.78, 5) is 21.3. The zero-order valence-electron chi connectivity index (χ0n) is 8.25. The number of nitrogens with one attached hydrogen (secondary N) is 1. The summed E-state index contributed by atoms with van der Waals surface area (Å²) in [5.41, 5.74) is -0.592. The minimum atomic E-state index is -1.24. The average Bonchev–Trinajstić information content (AvgIpc) is 1.81. The maximum absolute atomic E-state index is 11.1. The lowest BCUT2D eigenvalue weighted by Crippen LogP contribution is -2.41. The lowest BCUT2D eigenvalue weighted by molar-refractivity contribution is -0.156. The summed E-state index contributed by atoms with van der Waals surface area (Å²) in [6.07, 6.45) is -1.24. The van der Waals surface area contributed by atoms with Gasteiger partial charge in [-0.05, 0) is 27.7 Å². The Balaban J connectivity index is 4.05. The van der Waals surface area contributed by atoms with E-state index in [0.29, 0.717) is 0 Å². The molecule has 0 saturated heterocycles. The van der Waals surface area contributed by atoms with Crippen molar-refractivity contribution in [3.63, 3.8) is 0 Å². The first-order valence-electron chi connectivity index (χ1n) is 3.94. The summed E-state index contributed by atoms with van der Waals surface area (Å²) in [5.74, 6) is -0.574. The molecule has 0 bridgehead atoms. The Kier molecular flexibility index (Phi) is 3.71. The van der Waals surface area contributed by atoms with Crippen LogP contribution in [0.3, 0.4) is 0 Å². The van der Waals surface area contributed by atoms with Crippen LogP contribution in [0.15, 0.2) is 0 Å². The molecule has 2 N–H and O–H groups in total. The number of amides is 1. The highest BCUT2D eigenvalue weighted by atomic mass is 16.6. The van der Waals surface area contributed by atoms with Gasteiger partial charge in [0.1, 0.15) is 11.6 Å². The van der Waals surface area contributed by atoms with Crippen molar-refractivity contribution >= 4 is 12.1 Å². The van der Waals surface area contributed by atoms with Gasteiger partial charge in [-0.15, -0.1) is 0 Å². The molecule has 1 unspecified atom stereocenters. The molecule has 0 fully saturated rings. The molecule has 0 aliphatic carbocycles. The van der Waals surface area contributed by atoms with E-state index in [-0.39, 0.29) is 0 Å². The number of ether oxygens (including phenoxy) is 1. The molecule has 0 heterocycles. The topological polar surface area (TPSA) is 75.6 Å². The molecule has 0 saturated carbocycles. The van der Waals surface area contributed by atoms with Crippen molar-refractivity contribution in [2.75, 3.05) is 0 Å². The molecule has 1 amide bonds. The molecular formula is C8H15NO4. The van der Waals surface area contributed by atoms with E-state index in [1.807, 2.05) is 5.32 Å². The molecule has 0 radical (unpaired) electrons. The predicted molar refractivity (Wildman–Crippen MR) is 46.5 cm³/mol. The van der Waals surface area contributed by atoms with E-state index in [4.69, 9.17) is 9.84 Å². The fraction of sp³-hybridized carbons (Fsp3) is 0.750. The summed E-state index contributed by atoms with van der Waals surface area (Å²) < 4.78 is 4.94. The van der Waals surface area contributed by atoms with Gasteiger partial charge in [0.15, 0.2) is 0 Å². The first kappa shape index (κ1) is 11.7. The van der Waals surface area contributed by atoms with Crippen LogP contribution >= 0.6 is 0 Å². The summed E-state index contributed by atoms with van der Waals surface area (Å²) in [6, 6.07) is -0.836. The number of esters is 1. The van der Waals surface area contributed by atoms with Gasteiger partial charge in [-0.1, -0.05) is 0 Å². The van der Waals surface area contributed by atoms with Gasteiger partial charge in [-0.3, -0.25) is 0 Å². The molecule has 0 aromatic carbocycles. The Morgan fingerprint density at radius 1 is 1.38 bits per heavy atom. The third-order valence-electron chi connectivity index (χ3n) is 1.10. The van der Waals surface area contributed by atoms with Crippen LogP contribution in [0.5, 0.6) is 0 Å². The first-order valence-corrected chi connectivity index (χ1v) is 3.94. The molecular weight excluding hydrogens is 174 g/mol. The van der Waals surface area contributed by atoms with Gasteiger partial charge in [0.25, 0.3) is 0 Å². The van der Waals surface area contributed by atoms with Crippen LogP contribution in [-0.2, 0) is 9.53 Å². The van der Waals surface area contributed by atoms with Gasteiger partial charge in [0.05, 0.1) is 0 Å². The molecule has 0 rings (SSSR count). The van der Waals surface area contributed by atoms with Crippen molar-refractivity contribution in [2.24, 2.45) is 0 Å². The Morgan fingerprint density at radius 2 is 1.85 bits per heavy atom. The summed E-state index contributed by atoms with van der Waals surface area (Å²) in [5, 5.41) is 10.3. The Labute approximate surface area is 77.1 Å². The maximum atomic E-state index is 11.1. The predicted octanol–water partition coefficient (Wildman–Crippen LogP) is 0.984. The van der Waals surface area contributed by atoms with E-state index >= 15 is 0 Å². The monoisotopic (exact) mass is 189 g/mol. The average molecular weight is 189 g/mol. The third kappa shape index (κ3) is 5.95. The maximum Gasteiger partial charge on any atom is 0.405 e. The van der Waals surface area contributed by atoms with E-state index < -0.39 is 23.7 Å². The number of carboxylic acid groups (broad SMARTS) is 1. The van der Waals surface area contributed by atoms with Gasteiger partial charge in [0, 0.05) is 0 Å².